The first kappa shape index (κ1) is 34.3. The van der Waals surface area contributed by atoms with Crippen LogP contribution < -0.4 is 9.62 Å². The second-order valence-corrected chi connectivity index (χ2v) is 13.9. The molecule has 0 saturated heterocycles. The van der Waals surface area contributed by atoms with Crippen LogP contribution in [-0.4, -0.2) is 43.8 Å². The van der Waals surface area contributed by atoms with Crippen molar-refractivity contribution in [2.75, 3.05) is 10.8 Å². The molecule has 2 amide bonds. The molecule has 7 nitrogen and oxygen atoms in total. The van der Waals surface area contributed by atoms with Crippen LogP contribution in [-0.2, 0) is 32.6 Å². The van der Waals surface area contributed by atoms with Gasteiger partial charge in [-0.1, -0.05) is 95.5 Å². The molecule has 1 atom stereocenters. The summed E-state index contributed by atoms with van der Waals surface area (Å²) < 4.78 is 29.3. The van der Waals surface area contributed by atoms with E-state index in [0.29, 0.717) is 21.2 Å². The maximum absolute atomic E-state index is 14.5. The van der Waals surface area contributed by atoms with Gasteiger partial charge in [-0.05, 0) is 73.9 Å². The summed E-state index contributed by atoms with van der Waals surface area (Å²) in [5.74, 6) is -0.974. The highest BCUT2D eigenvalue weighted by Crippen LogP contribution is 2.32. The van der Waals surface area contributed by atoms with Crippen LogP contribution >= 0.6 is 34.8 Å². The predicted octanol–water partition coefficient (Wildman–Crippen LogP) is 7.32. The zero-order valence-electron chi connectivity index (χ0n) is 25.1. The third-order valence-corrected chi connectivity index (χ3v) is 10.1. The van der Waals surface area contributed by atoms with Crippen LogP contribution in [0.2, 0.25) is 15.1 Å². The zero-order chi connectivity index (χ0) is 32.7. The molecule has 0 bridgehead atoms. The van der Waals surface area contributed by atoms with Gasteiger partial charge < -0.3 is 10.2 Å². The number of nitrogens with one attached hydrogen (secondary N) is 1. The average molecular weight is 687 g/mol. The summed E-state index contributed by atoms with van der Waals surface area (Å²) >= 11 is 18.9. The summed E-state index contributed by atoms with van der Waals surface area (Å²) in [5, 5.41) is 3.91. The Hall–Kier alpha value is -3.56. The molecule has 236 valence electrons. The highest BCUT2D eigenvalue weighted by Gasteiger charge is 2.35. The molecule has 0 aromatic heterocycles. The van der Waals surface area contributed by atoms with E-state index in [1.54, 1.807) is 61.5 Å². The van der Waals surface area contributed by atoms with Crippen molar-refractivity contribution in [2.45, 2.75) is 50.7 Å². The summed E-state index contributed by atoms with van der Waals surface area (Å²) in [7, 11) is -4.24. The Kier molecular flexibility index (Phi) is 11.6. The number of sulfonamides is 1. The molecule has 0 aliphatic heterocycles. The SMILES string of the molecule is Cc1c(Cl)cccc1N(CC(=O)N(Cc1ccc(Cl)c(Cl)c1)C(Cc1ccccc1)C(=O)NC(C)C)S(=O)(=O)c1ccccc1. The maximum Gasteiger partial charge on any atom is 0.264 e. The second-order valence-electron chi connectivity index (χ2n) is 10.8. The molecule has 0 radical (unpaired) electrons. The molecule has 4 rings (SSSR count). The smallest absolute Gasteiger partial charge is 0.264 e. The monoisotopic (exact) mass is 685 g/mol. The molecule has 0 saturated carbocycles. The molecule has 11 heteroatoms. The Morgan fingerprint density at radius 3 is 2.04 bits per heavy atom. The van der Waals surface area contributed by atoms with Crippen LogP contribution in [0, 0.1) is 6.92 Å². The summed E-state index contributed by atoms with van der Waals surface area (Å²) in [5.41, 5.74) is 2.18. The largest absolute Gasteiger partial charge is 0.352 e. The minimum absolute atomic E-state index is 0.00611. The quantitative estimate of drug-likeness (QED) is 0.169. The van der Waals surface area contributed by atoms with Gasteiger partial charge in [0.2, 0.25) is 11.8 Å². The van der Waals surface area contributed by atoms with Crippen molar-refractivity contribution in [3.63, 3.8) is 0 Å². The van der Waals surface area contributed by atoms with Crippen LogP contribution in [0.5, 0.6) is 0 Å². The third-order valence-electron chi connectivity index (χ3n) is 7.16. The molecular formula is C34H34Cl3N3O4S. The predicted molar refractivity (Wildman–Crippen MR) is 181 cm³/mol. The lowest BCUT2D eigenvalue weighted by Gasteiger charge is -2.34. The van der Waals surface area contributed by atoms with Gasteiger partial charge in [-0.3, -0.25) is 13.9 Å². The van der Waals surface area contributed by atoms with Crippen molar-refractivity contribution in [1.29, 1.82) is 0 Å². The molecule has 4 aromatic carbocycles. The number of nitrogens with zero attached hydrogens (tertiary/aromatic N) is 2. The average Bonchev–Trinajstić information content (AvgIpc) is 3.01. The Balaban J connectivity index is 1.84. The lowest BCUT2D eigenvalue weighted by molar-refractivity contribution is -0.140. The lowest BCUT2D eigenvalue weighted by atomic mass is 10.0. The topological polar surface area (TPSA) is 86.8 Å². The van der Waals surface area contributed by atoms with E-state index >= 15 is 0 Å². The fourth-order valence-electron chi connectivity index (χ4n) is 4.87. The van der Waals surface area contributed by atoms with Gasteiger partial charge in [0, 0.05) is 24.0 Å². The zero-order valence-corrected chi connectivity index (χ0v) is 28.2. The van der Waals surface area contributed by atoms with E-state index in [-0.39, 0.29) is 40.5 Å². The number of halogens is 3. The Labute approximate surface area is 279 Å². The van der Waals surface area contributed by atoms with Crippen molar-refractivity contribution < 1.29 is 18.0 Å². The number of rotatable bonds is 12. The van der Waals surface area contributed by atoms with E-state index in [9.17, 15) is 18.0 Å². The number of amides is 2. The van der Waals surface area contributed by atoms with Gasteiger partial charge in [0.1, 0.15) is 12.6 Å². The Bertz CT molecular complexity index is 1750. The number of anilines is 1. The number of hydrogen-bond donors (Lipinski definition) is 1. The van der Waals surface area contributed by atoms with Crippen LogP contribution in [0.25, 0.3) is 0 Å². The molecule has 4 aromatic rings. The van der Waals surface area contributed by atoms with Crippen molar-refractivity contribution in [3.05, 3.63) is 129 Å². The lowest BCUT2D eigenvalue weighted by Crippen LogP contribution is -2.54. The summed E-state index contributed by atoms with van der Waals surface area (Å²) in [6, 6.07) is 25.8. The van der Waals surface area contributed by atoms with Crippen LogP contribution in [0.4, 0.5) is 5.69 Å². The van der Waals surface area contributed by atoms with Crippen molar-refractivity contribution in [3.8, 4) is 0 Å². The molecule has 0 fully saturated rings. The number of hydrogen-bond acceptors (Lipinski definition) is 4. The van der Waals surface area contributed by atoms with Gasteiger partial charge in [-0.2, -0.15) is 0 Å². The van der Waals surface area contributed by atoms with E-state index in [1.807, 2.05) is 44.2 Å². The van der Waals surface area contributed by atoms with Gasteiger partial charge in [0.15, 0.2) is 0 Å². The molecule has 0 spiro atoms. The van der Waals surface area contributed by atoms with Gasteiger partial charge in [0.05, 0.1) is 20.6 Å². The summed E-state index contributed by atoms with van der Waals surface area (Å²) in [6.07, 6.45) is 0.189. The highest BCUT2D eigenvalue weighted by molar-refractivity contribution is 7.92. The first-order chi connectivity index (χ1) is 21.4. The fourth-order valence-corrected chi connectivity index (χ4v) is 6.85. The van der Waals surface area contributed by atoms with Gasteiger partial charge in [0.25, 0.3) is 10.0 Å². The second kappa shape index (κ2) is 15.1. The molecule has 1 unspecified atom stereocenters. The Morgan fingerprint density at radius 1 is 0.778 bits per heavy atom. The van der Waals surface area contributed by atoms with E-state index in [4.69, 9.17) is 34.8 Å². The van der Waals surface area contributed by atoms with Gasteiger partial charge in [-0.25, -0.2) is 8.42 Å². The minimum Gasteiger partial charge on any atom is -0.352 e. The maximum atomic E-state index is 14.5. The minimum atomic E-state index is -4.24. The van der Waals surface area contributed by atoms with Crippen LogP contribution in [0.15, 0.2) is 102 Å². The van der Waals surface area contributed by atoms with E-state index in [0.717, 1.165) is 9.87 Å². The number of carbonyl (C=O) groups is 2. The normalized spacial score (nSPS) is 12.1. The van der Waals surface area contributed by atoms with E-state index in [2.05, 4.69) is 5.32 Å². The molecule has 45 heavy (non-hydrogen) atoms. The first-order valence-corrected chi connectivity index (χ1v) is 16.9. The van der Waals surface area contributed by atoms with Crippen molar-refractivity contribution in [2.24, 2.45) is 0 Å². The van der Waals surface area contributed by atoms with Crippen LogP contribution in [0.1, 0.15) is 30.5 Å². The Morgan fingerprint density at radius 2 is 1.42 bits per heavy atom. The molecule has 1 N–H and O–H groups in total. The molecule has 0 heterocycles. The van der Waals surface area contributed by atoms with E-state index < -0.39 is 28.5 Å². The fraction of sp³-hybridized carbons (Fsp3) is 0.235. The van der Waals surface area contributed by atoms with Crippen molar-refractivity contribution in [1.82, 2.24) is 10.2 Å². The van der Waals surface area contributed by atoms with E-state index in [1.165, 1.54) is 17.0 Å². The number of benzene rings is 4. The summed E-state index contributed by atoms with van der Waals surface area (Å²) in [4.78, 5) is 29.7. The summed E-state index contributed by atoms with van der Waals surface area (Å²) in [6.45, 7) is 4.72. The van der Waals surface area contributed by atoms with Crippen LogP contribution in [0.3, 0.4) is 0 Å². The highest BCUT2D eigenvalue weighted by atomic mass is 35.5. The number of carbonyl (C=O) groups excluding carboxylic acids is 2. The van der Waals surface area contributed by atoms with Crippen molar-refractivity contribution >= 4 is 62.3 Å². The van der Waals surface area contributed by atoms with Gasteiger partial charge >= 0.3 is 0 Å². The molecule has 0 aliphatic carbocycles. The first-order valence-electron chi connectivity index (χ1n) is 14.3. The van der Waals surface area contributed by atoms with Gasteiger partial charge in [-0.15, -0.1) is 0 Å². The standard InChI is InChI=1S/C34H34Cl3N3O4S/c1-23(2)38-34(42)32(20-25-11-6-4-7-12-25)39(21-26-17-18-29(36)30(37)19-26)33(41)22-40(31-16-10-15-28(35)24(31)3)45(43,44)27-13-8-5-9-14-27/h4-19,23,32H,20-22H2,1-3H3,(H,38,42). The molecular weight excluding hydrogens is 653 g/mol. The molecule has 0 aliphatic rings. The third kappa shape index (κ3) is 8.58.